The Kier molecular flexibility index (Phi) is 8.01. The van der Waals surface area contributed by atoms with Gasteiger partial charge >= 0.3 is 0 Å². The number of nitrogens with zero attached hydrogens (tertiary/aromatic N) is 3. The number of anilines is 2. The number of nitrogens with one attached hydrogen (secondary N) is 2. The van der Waals surface area contributed by atoms with Gasteiger partial charge in [-0.3, -0.25) is 14.3 Å². The van der Waals surface area contributed by atoms with E-state index < -0.39 is 23.7 Å². The van der Waals surface area contributed by atoms with Gasteiger partial charge < -0.3 is 25.0 Å². The van der Waals surface area contributed by atoms with Crippen LogP contribution in [0.2, 0.25) is 0 Å². The Morgan fingerprint density at radius 1 is 0.978 bits per heavy atom. The van der Waals surface area contributed by atoms with E-state index in [1.807, 2.05) is 49.5 Å². The molecule has 2 N–H and O–H groups in total. The highest BCUT2D eigenvalue weighted by Gasteiger charge is 2.51. The van der Waals surface area contributed by atoms with Crippen LogP contribution in [0.5, 0.6) is 0 Å². The summed E-state index contributed by atoms with van der Waals surface area (Å²) >= 11 is 0. The SMILES string of the molecule is Cc1cccc(F)c1C(=O)N1C2COCC2CC(C(=O)Nc2ccc3c(cnn3C)c2)C1c1ccc(NC2CCOCC2)cc1. The van der Waals surface area contributed by atoms with Crippen molar-refractivity contribution >= 4 is 34.1 Å². The van der Waals surface area contributed by atoms with Crippen molar-refractivity contribution in [3.63, 3.8) is 0 Å². The Bertz CT molecular complexity index is 1700. The minimum atomic E-state index is -0.626. The fourth-order valence-corrected chi connectivity index (χ4v) is 7.26. The lowest BCUT2D eigenvalue weighted by Gasteiger charge is -2.47. The first-order valence-corrected chi connectivity index (χ1v) is 15.7. The van der Waals surface area contributed by atoms with Crippen LogP contribution < -0.4 is 10.6 Å². The maximum absolute atomic E-state index is 15.3. The van der Waals surface area contributed by atoms with Crippen molar-refractivity contribution in [2.45, 2.75) is 44.3 Å². The van der Waals surface area contributed by atoms with E-state index in [4.69, 9.17) is 9.47 Å². The topological polar surface area (TPSA) is 97.7 Å². The van der Waals surface area contributed by atoms with E-state index in [9.17, 15) is 9.59 Å². The highest BCUT2D eigenvalue weighted by Crippen LogP contribution is 2.46. The fourth-order valence-electron chi connectivity index (χ4n) is 7.26. The van der Waals surface area contributed by atoms with Crippen LogP contribution in [0.4, 0.5) is 15.8 Å². The zero-order valence-corrected chi connectivity index (χ0v) is 25.5. The molecular weight excluding hydrogens is 573 g/mol. The summed E-state index contributed by atoms with van der Waals surface area (Å²) in [6, 6.07) is 17.8. The molecule has 4 atom stereocenters. The molecule has 4 unspecified atom stereocenters. The number of likely N-dealkylation sites (tertiary alicyclic amines) is 1. The predicted octanol–water partition coefficient (Wildman–Crippen LogP) is 5.47. The number of fused-ring (bicyclic) bond motifs is 2. The van der Waals surface area contributed by atoms with Gasteiger partial charge in [-0.1, -0.05) is 24.3 Å². The molecule has 4 aromatic rings. The number of aromatic nitrogens is 2. The Morgan fingerprint density at radius 3 is 2.53 bits per heavy atom. The molecule has 3 saturated heterocycles. The van der Waals surface area contributed by atoms with E-state index in [1.54, 1.807) is 34.8 Å². The highest BCUT2D eigenvalue weighted by molar-refractivity contribution is 5.99. The van der Waals surface area contributed by atoms with E-state index in [-0.39, 0.29) is 23.4 Å². The summed E-state index contributed by atoms with van der Waals surface area (Å²) in [7, 11) is 1.88. The number of hydrogen-bond donors (Lipinski definition) is 2. The number of rotatable bonds is 6. The van der Waals surface area contributed by atoms with Crippen molar-refractivity contribution in [2.24, 2.45) is 18.9 Å². The van der Waals surface area contributed by atoms with Gasteiger partial charge in [-0.25, -0.2) is 4.39 Å². The molecule has 0 spiro atoms. The van der Waals surface area contributed by atoms with Crippen LogP contribution >= 0.6 is 0 Å². The zero-order chi connectivity index (χ0) is 31.1. The number of carbonyl (C=O) groups is 2. The smallest absolute Gasteiger partial charge is 0.257 e. The number of hydrogen-bond acceptors (Lipinski definition) is 6. The third-order valence-electron chi connectivity index (χ3n) is 9.62. The van der Waals surface area contributed by atoms with E-state index >= 15 is 4.39 Å². The summed E-state index contributed by atoms with van der Waals surface area (Å²) in [5, 5.41) is 11.9. The number of aryl methyl sites for hydroxylation is 2. The lowest BCUT2D eigenvalue weighted by molar-refractivity contribution is -0.124. The second-order valence-electron chi connectivity index (χ2n) is 12.5. The third kappa shape index (κ3) is 5.68. The Labute approximate surface area is 261 Å². The van der Waals surface area contributed by atoms with Crippen LogP contribution in [0.25, 0.3) is 10.9 Å². The molecule has 0 bridgehead atoms. The van der Waals surface area contributed by atoms with Crippen molar-refractivity contribution in [2.75, 3.05) is 37.1 Å². The standard InChI is InChI=1S/C35H38FN5O4/c1-21-4-3-5-29(36)32(21)35(43)41-31-20-45-19-24(31)17-28(34(42)39-27-10-11-30-23(16-27)18-37-40(30)2)33(41)22-6-8-25(9-7-22)38-26-12-14-44-15-13-26/h3-11,16,18,24,26,28,31,33,38H,12-15,17,19-20H2,1-2H3,(H,39,42). The molecule has 0 radical (unpaired) electrons. The number of ether oxygens (including phenoxy) is 2. The van der Waals surface area contributed by atoms with Crippen LogP contribution in [-0.2, 0) is 21.3 Å². The summed E-state index contributed by atoms with van der Waals surface area (Å²) in [5.41, 5.74) is 4.00. The first-order valence-electron chi connectivity index (χ1n) is 15.7. The first-order chi connectivity index (χ1) is 21.9. The van der Waals surface area contributed by atoms with Gasteiger partial charge in [0, 0.05) is 49.0 Å². The molecule has 2 amide bonds. The van der Waals surface area contributed by atoms with Gasteiger partial charge in [-0.05, 0) is 73.7 Å². The molecule has 3 aliphatic heterocycles. The molecule has 234 valence electrons. The summed E-state index contributed by atoms with van der Waals surface area (Å²) in [5.74, 6) is -1.83. The van der Waals surface area contributed by atoms with Crippen LogP contribution in [0.15, 0.2) is 66.9 Å². The molecule has 1 aromatic heterocycles. The zero-order valence-electron chi connectivity index (χ0n) is 25.5. The molecule has 3 aliphatic rings. The molecule has 0 aliphatic carbocycles. The second kappa shape index (κ2) is 12.3. The molecule has 9 nitrogen and oxygen atoms in total. The van der Waals surface area contributed by atoms with Crippen molar-refractivity contribution < 1.29 is 23.5 Å². The lowest BCUT2D eigenvalue weighted by atomic mass is 9.76. The first kappa shape index (κ1) is 29.4. The van der Waals surface area contributed by atoms with Crippen LogP contribution in [0, 0.1) is 24.6 Å². The lowest BCUT2D eigenvalue weighted by Crippen LogP contribution is -2.55. The summed E-state index contributed by atoms with van der Waals surface area (Å²) < 4.78 is 28.5. The summed E-state index contributed by atoms with van der Waals surface area (Å²) in [6.45, 7) is 4.00. The fraction of sp³-hybridized carbons (Fsp3) is 0.400. The maximum Gasteiger partial charge on any atom is 0.257 e. The number of piperidine rings is 1. The number of benzene rings is 3. The van der Waals surface area contributed by atoms with E-state index in [1.165, 1.54) is 6.07 Å². The maximum atomic E-state index is 15.3. The minimum absolute atomic E-state index is 0.0361. The van der Waals surface area contributed by atoms with Gasteiger partial charge in [-0.15, -0.1) is 0 Å². The van der Waals surface area contributed by atoms with E-state index in [2.05, 4.69) is 15.7 Å². The third-order valence-corrected chi connectivity index (χ3v) is 9.62. The molecule has 45 heavy (non-hydrogen) atoms. The van der Waals surface area contributed by atoms with E-state index in [0.717, 1.165) is 48.2 Å². The number of halogens is 1. The second-order valence-corrected chi connectivity index (χ2v) is 12.5. The van der Waals surface area contributed by atoms with Crippen molar-refractivity contribution in [1.82, 2.24) is 14.7 Å². The molecule has 4 heterocycles. The van der Waals surface area contributed by atoms with Gasteiger partial charge in [0.2, 0.25) is 5.91 Å². The Balaban J connectivity index is 1.26. The van der Waals surface area contributed by atoms with Crippen molar-refractivity contribution in [1.29, 1.82) is 0 Å². The van der Waals surface area contributed by atoms with Gasteiger partial charge in [0.25, 0.3) is 5.91 Å². The van der Waals surface area contributed by atoms with Crippen molar-refractivity contribution in [3.8, 4) is 0 Å². The summed E-state index contributed by atoms with van der Waals surface area (Å²) in [6.07, 6.45) is 4.18. The quantitative estimate of drug-likeness (QED) is 0.300. The van der Waals surface area contributed by atoms with Gasteiger partial charge in [0.05, 0.1) is 48.5 Å². The average molecular weight is 612 g/mol. The molecule has 10 heteroatoms. The Hall–Kier alpha value is -4.28. The van der Waals surface area contributed by atoms with Crippen molar-refractivity contribution in [3.05, 3.63) is 89.4 Å². The van der Waals surface area contributed by atoms with Gasteiger partial charge in [0.15, 0.2) is 0 Å². The molecule has 7 rings (SSSR count). The number of carbonyl (C=O) groups excluding carboxylic acids is 2. The molecule has 3 fully saturated rings. The average Bonchev–Trinajstić information content (AvgIpc) is 3.67. The summed E-state index contributed by atoms with van der Waals surface area (Å²) in [4.78, 5) is 30.4. The van der Waals surface area contributed by atoms with Gasteiger partial charge in [0.1, 0.15) is 5.82 Å². The molecular formula is C35H38FN5O4. The van der Waals surface area contributed by atoms with Crippen LogP contribution in [0.1, 0.15) is 46.8 Å². The normalized spacial score (nSPS) is 23.6. The minimum Gasteiger partial charge on any atom is -0.382 e. The predicted molar refractivity (Wildman–Crippen MR) is 170 cm³/mol. The Morgan fingerprint density at radius 2 is 1.76 bits per heavy atom. The monoisotopic (exact) mass is 611 g/mol. The van der Waals surface area contributed by atoms with Crippen LogP contribution in [0.3, 0.4) is 0 Å². The number of amides is 2. The molecule has 3 aromatic carbocycles. The van der Waals surface area contributed by atoms with Gasteiger partial charge in [-0.2, -0.15) is 5.10 Å². The van der Waals surface area contributed by atoms with E-state index in [0.29, 0.717) is 36.9 Å². The largest absolute Gasteiger partial charge is 0.382 e. The molecule has 0 saturated carbocycles. The highest BCUT2D eigenvalue weighted by atomic mass is 19.1. The van der Waals surface area contributed by atoms with Crippen LogP contribution in [-0.4, -0.2) is 65.0 Å².